The van der Waals surface area contributed by atoms with E-state index in [0.29, 0.717) is 6.54 Å². The Kier molecular flexibility index (Phi) is 6.24. The summed E-state index contributed by atoms with van der Waals surface area (Å²) in [6.45, 7) is 8.37. The fraction of sp³-hybridized carbons (Fsp3) is 0.692. The molecular weight excluding hydrogens is 232 g/mol. The molecule has 18 heavy (non-hydrogen) atoms. The van der Waals surface area contributed by atoms with E-state index < -0.39 is 12.0 Å². The van der Waals surface area contributed by atoms with Gasteiger partial charge in [0.1, 0.15) is 6.54 Å². The van der Waals surface area contributed by atoms with Gasteiger partial charge < -0.3 is 15.3 Å². The molecule has 0 radical (unpaired) electrons. The molecule has 0 aromatic carbocycles. The van der Waals surface area contributed by atoms with Gasteiger partial charge in [-0.2, -0.15) is 0 Å². The maximum Gasteiger partial charge on any atom is 0.323 e. The zero-order chi connectivity index (χ0) is 14.3. The Labute approximate surface area is 109 Å². The molecule has 0 aromatic heterocycles. The van der Waals surface area contributed by atoms with Crippen LogP contribution in [0.1, 0.15) is 27.7 Å². The Morgan fingerprint density at radius 2 is 2.00 bits per heavy atom. The first kappa shape index (κ1) is 16.3. The molecule has 0 aliphatic rings. The molecule has 1 unspecified atom stereocenters. The number of nitrogens with one attached hydrogen (secondary N) is 1. The van der Waals surface area contributed by atoms with Gasteiger partial charge in [0, 0.05) is 6.54 Å². The van der Waals surface area contributed by atoms with Crippen LogP contribution in [-0.2, 0) is 4.79 Å². The highest BCUT2D eigenvalue weighted by Crippen LogP contribution is 2.24. The van der Waals surface area contributed by atoms with E-state index in [1.165, 1.54) is 0 Å². The summed E-state index contributed by atoms with van der Waals surface area (Å²) in [5.74, 6) is 1.47. The van der Waals surface area contributed by atoms with Crippen molar-refractivity contribution in [2.45, 2.75) is 27.7 Å². The Morgan fingerprint density at radius 1 is 1.44 bits per heavy atom. The number of terminal acetylenes is 1. The molecule has 0 fully saturated rings. The van der Waals surface area contributed by atoms with Crippen molar-refractivity contribution in [2.75, 3.05) is 19.6 Å². The number of amides is 2. The average Bonchev–Trinajstić information content (AvgIpc) is 2.22. The lowest BCUT2D eigenvalue weighted by Crippen LogP contribution is -2.45. The van der Waals surface area contributed by atoms with Crippen molar-refractivity contribution < 1.29 is 14.7 Å². The molecule has 2 N–H and O–H groups in total. The van der Waals surface area contributed by atoms with Crippen molar-refractivity contribution >= 4 is 12.0 Å². The quantitative estimate of drug-likeness (QED) is 0.729. The van der Waals surface area contributed by atoms with E-state index in [-0.39, 0.29) is 24.4 Å². The lowest BCUT2D eigenvalue weighted by molar-refractivity contribution is -0.137. The normalized spacial score (nSPS) is 12.4. The fourth-order valence-electron chi connectivity index (χ4n) is 1.13. The van der Waals surface area contributed by atoms with Crippen LogP contribution in [0.2, 0.25) is 0 Å². The standard InChI is InChI=1S/C13H22N2O3/c1-6-7-15(9-11(16)17)12(18)14-8-10(2)13(3,4)5/h1,10H,7-9H2,2-5H3,(H,14,18)(H,16,17). The van der Waals surface area contributed by atoms with Gasteiger partial charge in [-0.15, -0.1) is 6.42 Å². The van der Waals surface area contributed by atoms with Crippen LogP contribution < -0.4 is 5.32 Å². The zero-order valence-corrected chi connectivity index (χ0v) is 11.5. The van der Waals surface area contributed by atoms with Crippen molar-refractivity contribution in [3.63, 3.8) is 0 Å². The number of carboxylic acids is 1. The summed E-state index contributed by atoms with van der Waals surface area (Å²) in [4.78, 5) is 23.4. The molecule has 0 saturated carbocycles. The predicted octanol–water partition coefficient (Wildman–Crippen LogP) is 1.40. The lowest BCUT2D eigenvalue weighted by atomic mass is 9.82. The van der Waals surface area contributed by atoms with Crippen molar-refractivity contribution in [3.05, 3.63) is 0 Å². The third kappa shape index (κ3) is 6.14. The van der Waals surface area contributed by atoms with Crippen LogP contribution in [0.5, 0.6) is 0 Å². The minimum Gasteiger partial charge on any atom is -0.480 e. The molecule has 0 aliphatic heterocycles. The molecule has 0 spiro atoms. The van der Waals surface area contributed by atoms with Gasteiger partial charge in [0.15, 0.2) is 0 Å². The second-order valence-corrected chi connectivity index (χ2v) is 5.41. The topological polar surface area (TPSA) is 69.6 Å². The Bertz CT molecular complexity index is 339. The molecular formula is C13H22N2O3. The zero-order valence-electron chi connectivity index (χ0n) is 11.5. The van der Waals surface area contributed by atoms with Crippen LogP contribution in [0.3, 0.4) is 0 Å². The summed E-state index contributed by atoms with van der Waals surface area (Å²) in [6.07, 6.45) is 5.10. The van der Waals surface area contributed by atoms with E-state index >= 15 is 0 Å². The smallest absolute Gasteiger partial charge is 0.323 e. The molecule has 0 aliphatic carbocycles. The Hall–Kier alpha value is -1.70. The highest BCUT2D eigenvalue weighted by molar-refractivity contribution is 5.80. The van der Waals surface area contributed by atoms with Crippen LogP contribution in [0.4, 0.5) is 4.79 Å². The van der Waals surface area contributed by atoms with Crippen LogP contribution in [-0.4, -0.2) is 41.6 Å². The molecule has 102 valence electrons. The summed E-state index contributed by atoms with van der Waals surface area (Å²) >= 11 is 0. The molecule has 0 rings (SSSR count). The first-order valence-electron chi connectivity index (χ1n) is 5.86. The van der Waals surface area contributed by atoms with E-state index in [4.69, 9.17) is 11.5 Å². The lowest BCUT2D eigenvalue weighted by Gasteiger charge is -2.28. The number of aliphatic carboxylic acids is 1. The van der Waals surface area contributed by atoms with Crippen LogP contribution in [0.15, 0.2) is 0 Å². The number of carboxylic acid groups (broad SMARTS) is 1. The van der Waals surface area contributed by atoms with Gasteiger partial charge in [-0.25, -0.2) is 4.79 Å². The maximum absolute atomic E-state index is 11.8. The van der Waals surface area contributed by atoms with Gasteiger partial charge in [-0.3, -0.25) is 4.79 Å². The van der Waals surface area contributed by atoms with Gasteiger partial charge in [-0.05, 0) is 11.3 Å². The predicted molar refractivity (Wildman–Crippen MR) is 70.1 cm³/mol. The molecule has 0 aromatic rings. The minimum absolute atomic E-state index is 0.0119. The first-order chi connectivity index (χ1) is 8.18. The monoisotopic (exact) mass is 254 g/mol. The number of carbonyl (C=O) groups excluding carboxylic acids is 1. The number of urea groups is 1. The second kappa shape index (κ2) is 6.90. The largest absolute Gasteiger partial charge is 0.480 e. The van der Waals surface area contributed by atoms with E-state index in [2.05, 4.69) is 32.0 Å². The average molecular weight is 254 g/mol. The summed E-state index contributed by atoms with van der Waals surface area (Å²) < 4.78 is 0. The van der Waals surface area contributed by atoms with Crippen molar-refractivity contribution in [1.29, 1.82) is 0 Å². The SMILES string of the molecule is C#CCN(CC(=O)O)C(=O)NCC(C)C(C)(C)C. The van der Waals surface area contributed by atoms with Crippen molar-refractivity contribution in [1.82, 2.24) is 10.2 Å². The van der Waals surface area contributed by atoms with Crippen molar-refractivity contribution in [3.8, 4) is 12.3 Å². The summed E-state index contributed by atoms with van der Waals surface area (Å²) in [5, 5.41) is 11.4. The van der Waals surface area contributed by atoms with Gasteiger partial charge in [0.05, 0.1) is 6.54 Å². The third-order valence-electron chi connectivity index (χ3n) is 2.93. The molecule has 2 amide bonds. The Morgan fingerprint density at radius 3 is 2.39 bits per heavy atom. The molecule has 0 bridgehead atoms. The molecule has 5 heteroatoms. The van der Waals surface area contributed by atoms with Crippen LogP contribution >= 0.6 is 0 Å². The maximum atomic E-state index is 11.8. The fourth-order valence-corrected chi connectivity index (χ4v) is 1.13. The summed E-state index contributed by atoms with van der Waals surface area (Å²) in [7, 11) is 0. The summed E-state index contributed by atoms with van der Waals surface area (Å²) in [5.41, 5.74) is 0.0804. The molecule has 0 heterocycles. The highest BCUT2D eigenvalue weighted by atomic mass is 16.4. The third-order valence-corrected chi connectivity index (χ3v) is 2.93. The molecule has 5 nitrogen and oxygen atoms in total. The van der Waals surface area contributed by atoms with Crippen LogP contribution in [0, 0.1) is 23.7 Å². The van der Waals surface area contributed by atoms with E-state index in [1.807, 2.05) is 6.92 Å². The molecule has 1 atom stereocenters. The van der Waals surface area contributed by atoms with Crippen molar-refractivity contribution in [2.24, 2.45) is 11.3 Å². The second-order valence-electron chi connectivity index (χ2n) is 5.41. The number of hydrogen-bond acceptors (Lipinski definition) is 2. The Balaban J connectivity index is 4.36. The van der Waals surface area contributed by atoms with Gasteiger partial charge in [0.2, 0.25) is 0 Å². The van der Waals surface area contributed by atoms with E-state index in [1.54, 1.807) is 0 Å². The van der Waals surface area contributed by atoms with E-state index in [9.17, 15) is 9.59 Å². The first-order valence-corrected chi connectivity index (χ1v) is 5.86. The number of carbonyl (C=O) groups is 2. The van der Waals surface area contributed by atoms with Gasteiger partial charge in [0.25, 0.3) is 0 Å². The van der Waals surface area contributed by atoms with Gasteiger partial charge >= 0.3 is 12.0 Å². The highest BCUT2D eigenvalue weighted by Gasteiger charge is 2.22. The minimum atomic E-state index is -1.08. The summed E-state index contributed by atoms with van der Waals surface area (Å²) in [6, 6.07) is -0.438. The van der Waals surface area contributed by atoms with Gasteiger partial charge in [-0.1, -0.05) is 33.6 Å². The number of rotatable bonds is 5. The van der Waals surface area contributed by atoms with Crippen LogP contribution in [0.25, 0.3) is 0 Å². The number of hydrogen-bond donors (Lipinski definition) is 2. The number of nitrogens with zero attached hydrogens (tertiary/aromatic N) is 1. The van der Waals surface area contributed by atoms with E-state index in [0.717, 1.165) is 4.90 Å². The molecule has 0 saturated heterocycles.